The second kappa shape index (κ2) is 11.0. The third kappa shape index (κ3) is 9.57. The summed E-state index contributed by atoms with van der Waals surface area (Å²) in [5.41, 5.74) is 0. The molecule has 0 heterocycles. The van der Waals surface area contributed by atoms with Crippen molar-refractivity contribution in [2.45, 2.75) is 53.1 Å². The van der Waals surface area contributed by atoms with Crippen molar-refractivity contribution in [1.82, 2.24) is 0 Å². The zero-order valence-corrected chi connectivity index (χ0v) is 12.3. The Morgan fingerprint density at radius 3 is 1.82 bits per heavy atom. The Bertz CT molecular complexity index is 160. The van der Waals surface area contributed by atoms with Crippen LogP contribution in [0.25, 0.3) is 0 Å². The van der Waals surface area contributed by atoms with Crippen LogP contribution in [0.1, 0.15) is 47.0 Å². The van der Waals surface area contributed by atoms with E-state index >= 15 is 0 Å². The van der Waals surface area contributed by atoms with Crippen molar-refractivity contribution in [2.24, 2.45) is 11.8 Å². The Labute approximate surface area is 107 Å². The number of hydrogen-bond acceptors (Lipinski definition) is 1. The number of rotatable bonds is 11. The summed E-state index contributed by atoms with van der Waals surface area (Å²) in [6, 6.07) is 0. The second-order valence-corrected chi connectivity index (χ2v) is 5.37. The fourth-order valence-corrected chi connectivity index (χ4v) is 1.98. The summed E-state index contributed by atoms with van der Waals surface area (Å²) in [6.07, 6.45) is 3.58. The molecule has 0 aliphatic carbocycles. The molecule has 0 aromatic rings. The van der Waals surface area contributed by atoms with E-state index in [9.17, 15) is 5.11 Å². The van der Waals surface area contributed by atoms with Crippen LogP contribution >= 0.6 is 0 Å². The standard InChI is InChI=1S/C14H32N2O/c1-5-12(4)8-15-10-14(17)11-16-9-13(6-2)7-3/h12-17H,5-11H2,1-4H3/p+2. The van der Waals surface area contributed by atoms with Gasteiger partial charge in [-0.25, -0.2) is 0 Å². The predicted octanol–water partition coefficient (Wildman–Crippen LogP) is -0.0436. The highest BCUT2D eigenvalue weighted by Gasteiger charge is 2.11. The molecule has 0 saturated carbocycles. The van der Waals surface area contributed by atoms with Crippen LogP contribution in [0.2, 0.25) is 0 Å². The van der Waals surface area contributed by atoms with E-state index in [2.05, 4.69) is 38.3 Å². The largest absolute Gasteiger partial charge is 0.382 e. The van der Waals surface area contributed by atoms with Crippen molar-refractivity contribution in [3.05, 3.63) is 0 Å². The van der Waals surface area contributed by atoms with Crippen molar-refractivity contribution in [3.8, 4) is 0 Å². The molecule has 0 aliphatic rings. The number of nitrogens with two attached hydrogens (primary N) is 2. The fraction of sp³-hybridized carbons (Fsp3) is 1.00. The molecule has 0 amide bonds. The summed E-state index contributed by atoms with van der Waals surface area (Å²) >= 11 is 0. The summed E-state index contributed by atoms with van der Waals surface area (Å²) < 4.78 is 0. The van der Waals surface area contributed by atoms with E-state index < -0.39 is 0 Å². The Balaban J connectivity index is 3.43. The summed E-state index contributed by atoms with van der Waals surface area (Å²) in [4.78, 5) is 0. The van der Waals surface area contributed by atoms with E-state index in [1.165, 1.54) is 19.3 Å². The van der Waals surface area contributed by atoms with Gasteiger partial charge >= 0.3 is 0 Å². The molecule has 0 bridgehead atoms. The lowest BCUT2D eigenvalue weighted by Crippen LogP contribution is -2.92. The Hall–Kier alpha value is -0.120. The molecule has 0 aliphatic heterocycles. The van der Waals surface area contributed by atoms with Gasteiger partial charge in [0.15, 0.2) is 6.10 Å². The Kier molecular flexibility index (Phi) is 10.9. The van der Waals surface area contributed by atoms with Gasteiger partial charge in [-0.2, -0.15) is 0 Å². The number of aliphatic hydroxyl groups excluding tert-OH is 1. The Morgan fingerprint density at radius 2 is 1.35 bits per heavy atom. The number of hydrogen-bond donors (Lipinski definition) is 3. The summed E-state index contributed by atoms with van der Waals surface area (Å²) in [5.74, 6) is 1.57. The smallest absolute Gasteiger partial charge is 0.151 e. The number of quaternary nitrogens is 2. The SMILES string of the molecule is CCC(C)C[NH2+]CC(O)C[NH2+]CC(CC)CC. The third-order valence-corrected chi connectivity index (χ3v) is 3.80. The number of aliphatic hydroxyl groups is 1. The third-order valence-electron chi connectivity index (χ3n) is 3.80. The molecule has 2 unspecified atom stereocenters. The van der Waals surface area contributed by atoms with Crippen LogP contribution in [-0.4, -0.2) is 37.4 Å². The maximum absolute atomic E-state index is 9.83. The van der Waals surface area contributed by atoms with Crippen LogP contribution in [0.15, 0.2) is 0 Å². The van der Waals surface area contributed by atoms with E-state index in [0.29, 0.717) is 0 Å². The molecular formula is C14H34N2O+2. The normalized spacial score (nSPS) is 15.2. The summed E-state index contributed by atoms with van der Waals surface area (Å²) in [5, 5.41) is 14.4. The van der Waals surface area contributed by atoms with Gasteiger partial charge in [0.2, 0.25) is 0 Å². The van der Waals surface area contributed by atoms with Gasteiger partial charge in [-0.1, -0.05) is 27.7 Å². The van der Waals surface area contributed by atoms with Gasteiger partial charge in [0, 0.05) is 11.8 Å². The first-order valence-corrected chi connectivity index (χ1v) is 7.45. The quantitative estimate of drug-likeness (QED) is 0.471. The molecule has 104 valence electrons. The Morgan fingerprint density at radius 1 is 0.824 bits per heavy atom. The molecule has 0 rings (SSSR count). The fourth-order valence-electron chi connectivity index (χ4n) is 1.98. The van der Waals surface area contributed by atoms with E-state index in [1.54, 1.807) is 0 Å². The lowest BCUT2D eigenvalue weighted by molar-refractivity contribution is -0.695. The van der Waals surface area contributed by atoms with E-state index in [4.69, 9.17) is 0 Å². The van der Waals surface area contributed by atoms with Crippen molar-refractivity contribution >= 4 is 0 Å². The molecule has 2 atom stereocenters. The molecule has 0 fully saturated rings. The van der Waals surface area contributed by atoms with Crippen molar-refractivity contribution in [1.29, 1.82) is 0 Å². The maximum atomic E-state index is 9.83. The van der Waals surface area contributed by atoms with Gasteiger partial charge in [-0.05, 0) is 19.3 Å². The molecular weight excluding hydrogens is 212 g/mol. The van der Waals surface area contributed by atoms with E-state index in [0.717, 1.165) is 38.0 Å². The van der Waals surface area contributed by atoms with Crippen molar-refractivity contribution in [3.63, 3.8) is 0 Å². The van der Waals surface area contributed by atoms with Crippen LogP contribution < -0.4 is 10.6 Å². The first-order chi connectivity index (χ1) is 8.13. The maximum Gasteiger partial charge on any atom is 0.151 e. The first-order valence-electron chi connectivity index (χ1n) is 7.45. The van der Waals surface area contributed by atoms with Crippen LogP contribution in [0, 0.1) is 11.8 Å². The highest BCUT2D eigenvalue weighted by atomic mass is 16.3. The van der Waals surface area contributed by atoms with Gasteiger partial charge in [0.25, 0.3) is 0 Å². The molecule has 3 nitrogen and oxygen atoms in total. The molecule has 5 N–H and O–H groups in total. The van der Waals surface area contributed by atoms with Gasteiger partial charge < -0.3 is 15.7 Å². The van der Waals surface area contributed by atoms with E-state index in [-0.39, 0.29) is 6.10 Å². The van der Waals surface area contributed by atoms with E-state index in [1.807, 2.05) is 0 Å². The topological polar surface area (TPSA) is 53.5 Å². The van der Waals surface area contributed by atoms with Gasteiger partial charge in [-0.3, -0.25) is 0 Å². The summed E-state index contributed by atoms with van der Waals surface area (Å²) in [7, 11) is 0. The second-order valence-electron chi connectivity index (χ2n) is 5.37. The van der Waals surface area contributed by atoms with Crippen LogP contribution in [0.5, 0.6) is 0 Å². The highest BCUT2D eigenvalue weighted by Crippen LogP contribution is 2.02. The lowest BCUT2D eigenvalue weighted by atomic mass is 10.0. The molecule has 17 heavy (non-hydrogen) atoms. The molecule has 0 aromatic carbocycles. The van der Waals surface area contributed by atoms with Crippen LogP contribution in [0.4, 0.5) is 0 Å². The average Bonchev–Trinajstić information content (AvgIpc) is 2.34. The molecule has 3 heteroatoms. The molecule has 0 aromatic heterocycles. The molecule has 0 spiro atoms. The zero-order valence-electron chi connectivity index (χ0n) is 12.3. The van der Waals surface area contributed by atoms with Crippen LogP contribution in [0.3, 0.4) is 0 Å². The minimum Gasteiger partial charge on any atom is -0.382 e. The van der Waals surface area contributed by atoms with Gasteiger partial charge in [0.05, 0.1) is 13.1 Å². The predicted molar refractivity (Wildman–Crippen MR) is 72.9 cm³/mol. The molecule has 0 radical (unpaired) electrons. The average molecular weight is 246 g/mol. The van der Waals surface area contributed by atoms with Crippen LogP contribution in [-0.2, 0) is 0 Å². The van der Waals surface area contributed by atoms with Gasteiger partial charge in [0.1, 0.15) is 13.1 Å². The van der Waals surface area contributed by atoms with Crippen molar-refractivity contribution in [2.75, 3.05) is 26.2 Å². The van der Waals surface area contributed by atoms with Gasteiger partial charge in [-0.15, -0.1) is 0 Å². The van der Waals surface area contributed by atoms with Crippen molar-refractivity contribution < 1.29 is 15.7 Å². The summed E-state index contributed by atoms with van der Waals surface area (Å²) in [6.45, 7) is 13.0. The zero-order chi connectivity index (χ0) is 13.1. The highest BCUT2D eigenvalue weighted by molar-refractivity contribution is 4.51. The monoisotopic (exact) mass is 246 g/mol. The lowest BCUT2D eigenvalue weighted by Gasteiger charge is -2.13. The minimum atomic E-state index is -0.159. The molecule has 0 saturated heterocycles. The minimum absolute atomic E-state index is 0.159. The first kappa shape index (κ1) is 16.9.